The fraction of sp³-hybridized carbons (Fsp3) is 0.462. The summed E-state index contributed by atoms with van der Waals surface area (Å²) in [5, 5.41) is 5.65. The van der Waals surface area contributed by atoms with E-state index < -0.39 is 0 Å². The lowest BCUT2D eigenvalue weighted by Gasteiger charge is -2.17. The van der Waals surface area contributed by atoms with Crippen molar-refractivity contribution >= 4 is 11.7 Å². The number of nitrogens with two attached hydrogens (primary N) is 1. The summed E-state index contributed by atoms with van der Waals surface area (Å²) >= 11 is 0. The average Bonchev–Trinajstić information content (AvgIpc) is 2.38. The number of hydrogen-bond donors (Lipinski definition) is 3. The lowest BCUT2D eigenvalue weighted by atomic mass is 10.1. The van der Waals surface area contributed by atoms with Crippen molar-refractivity contribution in [3.63, 3.8) is 0 Å². The van der Waals surface area contributed by atoms with Crippen molar-refractivity contribution in [2.45, 2.75) is 25.8 Å². The Hall–Kier alpha value is -1.75. The smallest absolute Gasteiger partial charge is 0.319 e. The minimum atomic E-state index is -0.236. The monoisotopic (exact) mass is 251 g/mol. The van der Waals surface area contributed by atoms with Gasteiger partial charge in [-0.25, -0.2) is 4.79 Å². The van der Waals surface area contributed by atoms with E-state index in [9.17, 15) is 4.79 Å². The van der Waals surface area contributed by atoms with Crippen LogP contribution in [0.1, 0.15) is 19.8 Å². The SMILES string of the molecule is CCC(CCN)NC(=O)Nc1ccccc1OC. The number of carbonyl (C=O) groups is 1. The molecule has 2 amide bonds. The lowest BCUT2D eigenvalue weighted by Crippen LogP contribution is -2.38. The van der Waals surface area contributed by atoms with Crippen molar-refractivity contribution in [3.8, 4) is 5.75 Å². The molecule has 0 aliphatic heterocycles. The highest BCUT2D eigenvalue weighted by molar-refractivity contribution is 5.91. The minimum Gasteiger partial charge on any atom is -0.495 e. The summed E-state index contributed by atoms with van der Waals surface area (Å²) in [7, 11) is 1.57. The fourth-order valence-corrected chi connectivity index (χ4v) is 1.67. The fourth-order valence-electron chi connectivity index (χ4n) is 1.67. The highest BCUT2D eigenvalue weighted by atomic mass is 16.5. The number of hydrogen-bond acceptors (Lipinski definition) is 3. The second-order valence-corrected chi connectivity index (χ2v) is 3.98. The molecule has 0 saturated carbocycles. The van der Waals surface area contributed by atoms with Gasteiger partial charge in [0.15, 0.2) is 0 Å². The van der Waals surface area contributed by atoms with E-state index in [1.54, 1.807) is 19.2 Å². The Bertz CT molecular complexity index is 382. The van der Waals surface area contributed by atoms with Crippen LogP contribution in [0.5, 0.6) is 5.75 Å². The van der Waals surface area contributed by atoms with Crippen molar-refractivity contribution < 1.29 is 9.53 Å². The average molecular weight is 251 g/mol. The summed E-state index contributed by atoms with van der Waals surface area (Å²) in [6, 6.07) is 7.15. The first-order chi connectivity index (χ1) is 8.71. The molecule has 1 aromatic rings. The van der Waals surface area contributed by atoms with Gasteiger partial charge in [-0.1, -0.05) is 19.1 Å². The van der Waals surface area contributed by atoms with Gasteiger partial charge >= 0.3 is 6.03 Å². The molecule has 0 aliphatic rings. The maximum atomic E-state index is 11.8. The third-order valence-corrected chi connectivity index (χ3v) is 2.70. The van der Waals surface area contributed by atoms with Gasteiger partial charge in [-0.2, -0.15) is 0 Å². The normalized spacial score (nSPS) is 11.7. The van der Waals surface area contributed by atoms with Crippen LogP contribution in [0.25, 0.3) is 0 Å². The van der Waals surface area contributed by atoms with Gasteiger partial charge in [0.25, 0.3) is 0 Å². The maximum Gasteiger partial charge on any atom is 0.319 e. The first kappa shape index (κ1) is 14.3. The zero-order chi connectivity index (χ0) is 13.4. The summed E-state index contributed by atoms with van der Waals surface area (Å²) in [5.41, 5.74) is 6.14. The number of anilines is 1. The molecule has 0 radical (unpaired) electrons. The number of amides is 2. The van der Waals surface area contributed by atoms with E-state index in [-0.39, 0.29) is 12.1 Å². The molecule has 1 aromatic carbocycles. The van der Waals surface area contributed by atoms with Crippen LogP contribution in [0.15, 0.2) is 24.3 Å². The van der Waals surface area contributed by atoms with E-state index in [0.29, 0.717) is 18.0 Å². The number of carbonyl (C=O) groups excluding carboxylic acids is 1. The Morgan fingerprint density at radius 3 is 2.78 bits per heavy atom. The Balaban J connectivity index is 2.58. The summed E-state index contributed by atoms with van der Waals surface area (Å²) in [4.78, 5) is 11.8. The second kappa shape index (κ2) is 7.55. The van der Waals surface area contributed by atoms with E-state index in [2.05, 4.69) is 10.6 Å². The quantitative estimate of drug-likeness (QED) is 0.723. The van der Waals surface area contributed by atoms with Crippen molar-refractivity contribution in [1.29, 1.82) is 0 Å². The van der Waals surface area contributed by atoms with Gasteiger partial charge in [-0.3, -0.25) is 0 Å². The molecule has 1 atom stereocenters. The molecule has 0 fully saturated rings. The van der Waals surface area contributed by atoms with Crippen LogP contribution >= 0.6 is 0 Å². The zero-order valence-electron chi connectivity index (χ0n) is 10.9. The summed E-state index contributed by atoms with van der Waals surface area (Å²) in [6.45, 7) is 2.58. The molecule has 5 nitrogen and oxygen atoms in total. The Labute approximate surface area is 108 Å². The molecule has 18 heavy (non-hydrogen) atoms. The summed E-state index contributed by atoms with van der Waals surface area (Å²) in [6.07, 6.45) is 1.63. The Morgan fingerprint density at radius 2 is 2.17 bits per heavy atom. The standard InChI is InChI=1S/C13H21N3O2/c1-3-10(8-9-14)15-13(17)16-11-6-4-5-7-12(11)18-2/h4-7,10H,3,8-9,14H2,1-2H3,(H2,15,16,17). The van der Waals surface area contributed by atoms with Crippen LogP contribution in [0.3, 0.4) is 0 Å². The van der Waals surface area contributed by atoms with Crippen LogP contribution in [-0.2, 0) is 0 Å². The van der Waals surface area contributed by atoms with Crippen molar-refractivity contribution in [3.05, 3.63) is 24.3 Å². The minimum absolute atomic E-state index is 0.102. The molecular formula is C13H21N3O2. The zero-order valence-corrected chi connectivity index (χ0v) is 10.9. The van der Waals surface area contributed by atoms with E-state index >= 15 is 0 Å². The van der Waals surface area contributed by atoms with Crippen LogP contribution < -0.4 is 21.1 Å². The third-order valence-electron chi connectivity index (χ3n) is 2.70. The molecule has 4 N–H and O–H groups in total. The van der Waals surface area contributed by atoms with Crippen LogP contribution in [0, 0.1) is 0 Å². The predicted octanol–water partition coefficient (Wildman–Crippen LogP) is 1.94. The van der Waals surface area contributed by atoms with Crippen molar-refractivity contribution in [2.75, 3.05) is 19.0 Å². The molecule has 0 heterocycles. The summed E-state index contributed by atoms with van der Waals surface area (Å²) < 4.78 is 5.16. The van der Waals surface area contributed by atoms with E-state index in [1.807, 2.05) is 19.1 Å². The number of urea groups is 1. The molecule has 0 spiro atoms. The number of methoxy groups -OCH3 is 1. The van der Waals surface area contributed by atoms with Gasteiger partial charge in [0.2, 0.25) is 0 Å². The number of benzene rings is 1. The number of nitrogens with one attached hydrogen (secondary N) is 2. The number of para-hydroxylation sites is 2. The van der Waals surface area contributed by atoms with Crippen molar-refractivity contribution in [2.24, 2.45) is 5.73 Å². The van der Waals surface area contributed by atoms with E-state index in [0.717, 1.165) is 12.8 Å². The van der Waals surface area contributed by atoms with Gasteiger partial charge in [0.1, 0.15) is 5.75 Å². The molecule has 0 saturated heterocycles. The molecule has 100 valence electrons. The van der Waals surface area contributed by atoms with Crippen LogP contribution in [0.2, 0.25) is 0 Å². The van der Waals surface area contributed by atoms with Gasteiger partial charge in [-0.05, 0) is 31.5 Å². The second-order valence-electron chi connectivity index (χ2n) is 3.98. The molecule has 1 rings (SSSR count). The first-order valence-corrected chi connectivity index (χ1v) is 6.11. The van der Waals surface area contributed by atoms with E-state index in [4.69, 9.17) is 10.5 Å². The van der Waals surface area contributed by atoms with Gasteiger partial charge < -0.3 is 21.1 Å². The lowest BCUT2D eigenvalue weighted by molar-refractivity contribution is 0.247. The van der Waals surface area contributed by atoms with Crippen molar-refractivity contribution in [1.82, 2.24) is 5.32 Å². The first-order valence-electron chi connectivity index (χ1n) is 6.11. The van der Waals surface area contributed by atoms with Crippen LogP contribution in [0.4, 0.5) is 10.5 Å². The van der Waals surface area contributed by atoms with Gasteiger partial charge in [-0.15, -0.1) is 0 Å². The maximum absolute atomic E-state index is 11.8. The Kier molecular flexibility index (Phi) is 6.00. The van der Waals surface area contributed by atoms with Gasteiger partial charge in [0.05, 0.1) is 12.8 Å². The van der Waals surface area contributed by atoms with E-state index in [1.165, 1.54) is 0 Å². The predicted molar refractivity (Wildman–Crippen MR) is 72.9 cm³/mol. The Morgan fingerprint density at radius 1 is 1.44 bits per heavy atom. The molecule has 5 heteroatoms. The summed E-state index contributed by atoms with van der Waals surface area (Å²) in [5.74, 6) is 0.638. The molecule has 0 bridgehead atoms. The molecule has 1 unspecified atom stereocenters. The molecule has 0 aromatic heterocycles. The molecular weight excluding hydrogens is 230 g/mol. The highest BCUT2D eigenvalue weighted by Gasteiger charge is 2.11. The molecule has 0 aliphatic carbocycles. The third kappa shape index (κ3) is 4.25. The topological polar surface area (TPSA) is 76.4 Å². The largest absolute Gasteiger partial charge is 0.495 e. The number of ether oxygens (including phenoxy) is 1. The van der Waals surface area contributed by atoms with Crippen LogP contribution in [-0.4, -0.2) is 25.7 Å². The number of rotatable bonds is 6. The highest BCUT2D eigenvalue weighted by Crippen LogP contribution is 2.22. The van der Waals surface area contributed by atoms with Gasteiger partial charge in [0, 0.05) is 6.04 Å².